The molecule has 0 aromatic heterocycles. The highest BCUT2D eigenvalue weighted by molar-refractivity contribution is 5.72. The molecule has 14 heavy (non-hydrogen) atoms. The van der Waals surface area contributed by atoms with Crippen LogP contribution in [0.2, 0.25) is 0 Å². The molecule has 1 saturated carbocycles. The van der Waals surface area contributed by atoms with Crippen molar-refractivity contribution in [3.8, 4) is 0 Å². The molecule has 0 aliphatic heterocycles. The minimum absolute atomic E-state index is 0.392. The molecule has 0 radical (unpaired) electrons. The second kappa shape index (κ2) is 5.35. The Hall–Kier alpha value is -0.570. The third-order valence-corrected chi connectivity index (χ3v) is 3.20. The minimum Gasteiger partial charge on any atom is -0.480 e. The van der Waals surface area contributed by atoms with Crippen LogP contribution in [0.4, 0.5) is 0 Å². The van der Waals surface area contributed by atoms with E-state index in [1.54, 1.807) is 6.92 Å². The Morgan fingerprint density at radius 1 is 1.36 bits per heavy atom. The van der Waals surface area contributed by atoms with Gasteiger partial charge >= 0.3 is 5.97 Å². The topological polar surface area (TPSA) is 49.3 Å². The van der Waals surface area contributed by atoms with E-state index in [0.717, 1.165) is 6.42 Å². The molecule has 0 amide bonds. The summed E-state index contributed by atoms with van der Waals surface area (Å²) in [4.78, 5) is 10.7. The lowest BCUT2D eigenvalue weighted by Gasteiger charge is -2.24. The number of carboxylic acids is 1. The first-order valence-corrected chi connectivity index (χ1v) is 5.60. The van der Waals surface area contributed by atoms with Gasteiger partial charge in [-0.3, -0.25) is 4.79 Å². The Bertz CT molecular complexity index is 194. The molecule has 82 valence electrons. The van der Waals surface area contributed by atoms with Crippen LogP contribution in [0.15, 0.2) is 0 Å². The van der Waals surface area contributed by atoms with Crippen molar-refractivity contribution in [2.75, 3.05) is 0 Å². The summed E-state index contributed by atoms with van der Waals surface area (Å²) in [6.45, 7) is 3.94. The lowest BCUT2D eigenvalue weighted by atomic mass is 9.96. The van der Waals surface area contributed by atoms with Crippen molar-refractivity contribution < 1.29 is 9.90 Å². The minimum atomic E-state index is -0.749. The summed E-state index contributed by atoms with van der Waals surface area (Å²) in [5.74, 6) is -0.138. The van der Waals surface area contributed by atoms with Gasteiger partial charge in [0.2, 0.25) is 0 Å². The molecule has 3 heteroatoms. The third-order valence-electron chi connectivity index (χ3n) is 3.20. The van der Waals surface area contributed by atoms with E-state index in [2.05, 4.69) is 12.2 Å². The standard InChI is InChI=1S/C11H21NO2/c1-8-6-4-3-5-7-10(8)12-9(2)11(13)14/h8-10,12H,3-7H2,1-2H3,(H,13,14). The SMILES string of the molecule is CC(NC1CCCCCC1C)C(=O)O. The average Bonchev–Trinajstić information content (AvgIpc) is 2.32. The predicted octanol–water partition coefficient (Wildman–Crippen LogP) is 2.02. The number of hydrogen-bond donors (Lipinski definition) is 2. The molecule has 3 atom stereocenters. The molecule has 1 rings (SSSR count). The Balaban J connectivity index is 2.43. The number of hydrogen-bond acceptors (Lipinski definition) is 2. The normalized spacial score (nSPS) is 30.7. The molecule has 1 aliphatic rings. The number of aliphatic carboxylic acids is 1. The van der Waals surface area contributed by atoms with E-state index in [0.29, 0.717) is 12.0 Å². The number of carboxylic acid groups (broad SMARTS) is 1. The van der Waals surface area contributed by atoms with Gasteiger partial charge in [0.25, 0.3) is 0 Å². The van der Waals surface area contributed by atoms with Crippen molar-refractivity contribution in [3.63, 3.8) is 0 Å². The highest BCUT2D eigenvalue weighted by Crippen LogP contribution is 2.23. The molecule has 0 aromatic rings. The van der Waals surface area contributed by atoms with Crippen molar-refractivity contribution in [1.82, 2.24) is 5.32 Å². The summed E-state index contributed by atoms with van der Waals surface area (Å²) in [6, 6.07) is -0.0239. The predicted molar refractivity (Wildman–Crippen MR) is 56.3 cm³/mol. The lowest BCUT2D eigenvalue weighted by molar-refractivity contribution is -0.139. The van der Waals surface area contributed by atoms with Gasteiger partial charge in [0.15, 0.2) is 0 Å². The molecule has 0 bridgehead atoms. The maximum Gasteiger partial charge on any atom is 0.320 e. The Morgan fingerprint density at radius 3 is 2.64 bits per heavy atom. The molecule has 2 N–H and O–H groups in total. The van der Waals surface area contributed by atoms with E-state index in [1.165, 1.54) is 25.7 Å². The van der Waals surface area contributed by atoms with E-state index in [1.807, 2.05) is 0 Å². The monoisotopic (exact) mass is 199 g/mol. The van der Waals surface area contributed by atoms with Crippen LogP contribution >= 0.6 is 0 Å². The molecule has 1 aliphatic carbocycles. The molecule has 0 heterocycles. The smallest absolute Gasteiger partial charge is 0.320 e. The Labute approximate surface area is 85.9 Å². The van der Waals surface area contributed by atoms with Crippen LogP contribution in [0.25, 0.3) is 0 Å². The van der Waals surface area contributed by atoms with Crippen LogP contribution in [-0.4, -0.2) is 23.2 Å². The van der Waals surface area contributed by atoms with E-state index in [4.69, 9.17) is 5.11 Å². The molecule has 3 unspecified atom stereocenters. The number of carbonyl (C=O) groups is 1. The van der Waals surface area contributed by atoms with Gasteiger partial charge in [-0.15, -0.1) is 0 Å². The van der Waals surface area contributed by atoms with Gasteiger partial charge in [-0.25, -0.2) is 0 Å². The molecule has 0 saturated heterocycles. The molecular formula is C11H21NO2. The molecule has 0 spiro atoms. The highest BCUT2D eigenvalue weighted by atomic mass is 16.4. The second-order valence-electron chi connectivity index (χ2n) is 4.45. The van der Waals surface area contributed by atoms with E-state index in [-0.39, 0.29) is 0 Å². The van der Waals surface area contributed by atoms with Crippen LogP contribution in [0, 0.1) is 5.92 Å². The van der Waals surface area contributed by atoms with Crippen molar-refractivity contribution >= 4 is 5.97 Å². The van der Waals surface area contributed by atoms with E-state index in [9.17, 15) is 4.79 Å². The van der Waals surface area contributed by atoms with Gasteiger partial charge in [0.1, 0.15) is 6.04 Å². The molecule has 0 aromatic carbocycles. The van der Waals surface area contributed by atoms with Gasteiger partial charge < -0.3 is 10.4 Å². The van der Waals surface area contributed by atoms with Gasteiger partial charge in [-0.1, -0.05) is 26.2 Å². The molecular weight excluding hydrogens is 178 g/mol. The molecule has 3 nitrogen and oxygen atoms in total. The number of nitrogens with one attached hydrogen (secondary N) is 1. The fraction of sp³-hybridized carbons (Fsp3) is 0.909. The second-order valence-corrected chi connectivity index (χ2v) is 4.45. The van der Waals surface area contributed by atoms with Gasteiger partial charge in [-0.2, -0.15) is 0 Å². The van der Waals surface area contributed by atoms with E-state index >= 15 is 0 Å². The first-order valence-electron chi connectivity index (χ1n) is 5.60. The molecule has 1 fully saturated rings. The zero-order valence-corrected chi connectivity index (χ0v) is 9.12. The first-order chi connectivity index (χ1) is 6.61. The largest absolute Gasteiger partial charge is 0.480 e. The van der Waals surface area contributed by atoms with Gasteiger partial charge in [-0.05, 0) is 25.7 Å². The van der Waals surface area contributed by atoms with Crippen LogP contribution in [0.3, 0.4) is 0 Å². The summed E-state index contributed by atoms with van der Waals surface area (Å²) < 4.78 is 0. The maximum absolute atomic E-state index is 10.7. The quantitative estimate of drug-likeness (QED) is 0.684. The zero-order chi connectivity index (χ0) is 10.6. The van der Waals surface area contributed by atoms with Crippen LogP contribution < -0.4 is 5.32 Å². The van der Waals surface area contributed by atoms with Crippen LogP contribution in [0.1, 0.15) is 46.0 Å². The van der Waals surface area contributed by atoms with Crippen LogP contribution in [0.5, 0.6) is 0 Å². The van der Waals surface area contributed by atoms with E-state index < -0.39 is 12.0 Å². The summed E-state index contributed by atoms with van der Waals surface area (Å²) in [6.07, 6.45) is 6.17. The zero-order valence-electron chi connectivity index (χ0n) is 9.12. The Kier molecular flexibility index (Phi) is 4.39. The highest BCUT2D eigenvalue weighted by Gasteiger charge is 2.23. The summed E-state index contributed by atoms with van der Waals surface area (Å²) in [7, 11) is 0. The first kappa shape index (κ1) is 11.5. The van der Waals surface area contributed by atoms with Gasteiger partial charge in [0, 0.05) is 6.04 Å². The fourth-order valence-electron chi connectivity index (χ4n) is 2.13. The van der Waals surface area contributed by atoms with Crippen molar-refractivity contribution in [2.45, 2.75) is 58.0 Å². The van der Waals surface area contributed by atoms with Crippen molar-refractivity contribution in [3.05, 3.63) is 0 Å². The van der Waals surface area contributed by atoms with Crippen LogP contribution in [-0.2, 0) is 4.79 Å². The average molecular weight is 199 g/mol. The lowest BCUT2D eigenvalue weighted by Crippen LogP contribution is -2.44. The van der Waals surface area contributed by atoms with Crippen molar-refractivity contribution in [2.24, 2.45) is 5.92 Å². The van der Waals surface area contributed by atoms with Gasteiger partial charge in [0.05, 0.1) is 0 Å². The van der Waals surface area contributed by atoms with Crippen molar-refractivity contribution in [1.29, 1.82) is 0 Å². The third kappa shape index (κ3) is 3.29. The Morgan fingerprint density at radius 2 is 2.00 bits per heavy atom. The number of rotatable bonds is 3. The fourth-order valence-corrected chi connectivity index (χ4v) is 2.13. The summed E-state index contributed by atoms with van der Waals surface area (Å²) in [5.41, 5.74) is 0. The maximum atomic E-state index is 10.7. The summed E-state index contributed by atoms with van der Waals surface area (Å²) in [5, 5.41) is 12.0. The summed E-state index contributed by atoms with van der Waals surface area (Å²) >= 11 is 0.